The summed E-state index contributed by atoms with van der Waals surface area (Å²) in [6.07, 6.45) is 4.12. The van der Waals surface area contributed by atoms with Crippen LogP contribution in [0.2, 0.25) is 0 Å². The number of ether oxygens (including phenoxy) is 1. The minimum atomic E-state index is -0.393. The lowest BCUT2D eigenvalue weighted by Gasteiger charge is -2.08. The zero-order chi connectivity index (χ0) is 13.2. The monoisotopic (exact) mass is 256 g/mol. The van der Waals surface area contributed by atoms with Gasteiger partial charge in [0.2, 0.25) is 0 Å². The van der Waals surface area contributed by atoms with Gasteiger partial charge in [0.15, 0.2) is 0 Å². The minimum absolute atomic E-state index is 0.393. The molecule has 0 saturated carbocycles. The topological polar surface area (TPSA) is 52.6 Å². The molecule has 0 atom stereocenters. The van der Waals surface area contributed by atoms with E-state index in [0.717, 1.165) is 17.2 Å². The molecule has 0 aliphatic heterocycles. The van der Waals surface area contributed by atoms with Crippen LogP contribution in [0.1, 0.15) is 6.42 Å². The fourth-order valence-corrected chi connectivity index (χ4v) is 2.01. The van der Waals surface area contributed by atoms with Crippen LogP contribution in [-0.4, -0.2) is 6.61 Å². The molecule has 96 valence electrons. The molecule has 2 heterocycles. The van der Waals surface area contributed by atoms with E-state index >= 15 is 0 Å². The maximum absolute atomic E-state index is 11.3. The molecule has 0 amide bonds. The molecule has 4 heteroatoms. The van der Waals surface area contributed by atoms with Gasteiger partial charge in [0.05, 0.1) is 23.6 Å². The first kappa shape index (κ1) is 11.6. The molecular formula is C15H12O4. The Morgan fingerprint density at radius 2 is 2.05 bits per heavy atom. The zero-order valence-corrected chi connectivity index (χ0v) is 10.2. The van der Waals surface area contributed by atoms with Crippen LogP contribution in [0.4, 0.5) is 0 Å². The van der Waals surface area contributed by atoms with E-state index < -0.39 is 5.63 Å². The molecule has 1 aromatic carbocycles. The lowest BCUT2D eigenvalue weighted by Crippen LogP contribution is -1.99. The van der Waals surface area contributed by atoms with Crippen molar-refractivity contribution in [2.75, 3.05) is 6.61 Å². The highest BCUT2D eigenvalue weighted by Crippen LogP contribution is 2.34. The van der Waals surface area contributed by atoms with Crippen molar-refractivity contribution >= 4 is 21.9 Å². The largest absolute Gasteiger partial charge is 0.492 e. The standard InChI is InChI=1S/C15H12O4/c1-2-3-7-18-15-10-4-5-14(16)19-13(10)9-12-11(15)6-8-17-12/h2,4-6,8-9H,1,3,7H2. The summed E-state index contributed by atoms with van der Waals surface area (Å²) in [5, 5.41) is 1.63. The molecular weight excluding hydrogens is 244 g/mol. The van der Waals surface area contributed by atoms with Crippen LogP contribution >= 0.6 is 0 Å². The van der Waals surface area contributed by atoms with Gasteiger partial charge < -0.3 is 13.6 Å². The summed E-state index contributed by atoms with van der Waals surface area (Å²) in [6, 6.07) is 6.63. The molecule has 0 spiro atoms. The smallest absolute Gasteiger partial charge is 0.336 e. The number of rotatable bonds is 4. The lowest BCUT2D eigenvalue weighted by molar-refractivity contribution is 0.332. The molecule has 0 saturated heterocycles. The van der Waals surface area contributed by atoms with Crippen LogP contribution in [0.3, 0.4) is 0 Å². The SMILES string of the molecule is C=CCCOc1c2ccoc2cc2oc(=O)ccc12. The van der Waals surface area contributed by atoms with E-state index in [2.05, 4.69) is 6.58 Å². The van der Waals surface area contributed by atoms with E-state index in [4.69, 9.17) is 13.6 Å². The zero-order valence-electron chi connectivity index (χ0n) is 10.2. The van der Waals surface area contributed by atoms with E-state index in [0.29, 0.717) is 23.5 Å². The molecule has 2 aromatic heterocycles. The van der Waals surface area contributed by atoms with Crippen molar-refractivity contribution in [1.29, 1.82) is 0 Å². The third-order valence-electron chi connectivity index (χ3n) is 2.88. The number of fused-ring (bicyclic) bond motifs is 2. The normalized spacial score (nSPS) is 10.9. The highest BCUT2D eigenvalue weighted by molar-refractivity contribution is 6.01. The third-order valence-corrected chi connectivity index (χ3v) is 2.88. The second-order valence-electron chi connectivity index (χ2n) is 4.13. The van der Waals surface area contributed by atoms with Crippen molar-refractivity contribution in [2.24, 2.45) is 0 Å². The second-order valence-corrected chi connectivity index (χ2v) is 4.13. The molecule has 3 aromatic rings. The Bertz CT molecular complexity index is 795. The van der Waals surface area contributed by atoms with Crippen LogP contribution in [0.5, 0.6) is 5.75 Å². The lowest BCUT2D eigenvalue weighted by atomic mass is 10.1. The summed E-state index contributed by atoms with van der Waals surface area (Å²) in [5.41, 5.74) is 0.703. The average Bonchev–Trinajstić information content (AvgIpc) is 2.85. The number of furan rings is 1. The number of benzene rings is 1. The van der Waals surface area contributed by atoms with Crippen LogP contribution in [0.15, 0.2) is 56.8 Å². The number of hydrogen-bond donors (Lipinski definition) is 0. The van der Waals surface area contributed by atoms with Crippen molar-refractivity contribution in [3.63, 3.8) is 0 Å². The van der Waals surface area contributed by atoms with Crippen molar-refractivity contribution in [3.05, 3.63) is 53.6 Å². The van der Waals surface area contributed by atoms with Crippen molar-refractivity contribution in [1.82, 2.24) is 0 Å². The fourth-order valence-electron chi connectivity index (χ4n) is 2.01. The molecule has 0 radical (unpaired) electrons. The Kier molecular flexibility index (Phi) is 2.83. The summed E-state index contributed by atoms with van der Waals surface area (Å²) in [5.74, 6) is 0.673. The summed E-state index contributed by atoms with van der Waals surface area (Å²) >= 11 is 0. The van der Waals surface area contributed by atoms with Gasteiger partial charge in [-0.1, -0.05) is 6.08 Å². The predicted octanol–water partition coefficient (Wildman–Crippen LogP) is 3.49. The summed E-state index contributed by atoms with van der Waals surface area (Å²) < 4.78 is 16.3. The molecule has 0 unspecified atom stereocenters. The van der Waals surface area contributed by atoms with Crippen LogP contribution in [0.25, 0.3) is 21.9 Å². The maximum atomic E-state index is 11.3. The Balaban J connectivity index is 2.24. The van der Waals surface area contributed by atoms with Gasteiger partial charge in [-0.15, -0.1) is 6.58 Å². The predicted molar refractivity (Wildman–Crippen MR) is 72.6 cm³/mol. The van der Waals surface area contributed by atoms with E-state index in [1.54, 1.807) is 24.5 Å². The molecule has 4 nitrogen and oxygen atoms in total. The summed E-state index contributed by atoms with van der Waals surface area (Å²) in [4.78, 5) is 11.3. The molecule has 3 rings (SSSR count). The van der Waals surface area contributed by atoms with Gasteiger partial charge in [0.25, 0.3) is 0 Å². The van der Waals surface area contributed by atoms with Gasteiger partial charge in [-0.3, -0.25) is 0 Å². The van der Waals surface area contributed by atoms with Crippen LogP contribution in [-0.2, 0) is 0 Å². The highest BCUT2D eigenvalue weighted by atomic mass is 16.5. The first-order valence-corrected chi connectivity index (χ1v) is 5.97. The maximum Gasteiger partial charge on any atom is 0.336 e. The molecule has 0 aliphatic carbocycles. The van der Waals surface area contributed by atoms with Crippen molar-refractivity contribution in [3.8, 4) is 5.75 Å². The molecule has 0 N–H and O–H groups in total. The van der Waals surface area contributed by atoms with Gasteiger partial charge in [0.1, 0.15) is 16.9 Å². The van der Waals surface area contributed by atoms with Gasteiger partial charge >= 0.3 is 5.63 Å². The molecule has 0 bridgehead atoms. The molecule has 0 fully saturated rings. The van der Waals surface area contributed by atoms with Crippen molar-refractivity contribution < 1.29 is 13.6 Å². The van der Waals surface area contributed by atoms with E-state index in [-0.39, 0.29) is 0 Å². The number of hydrogen-bond acceptors (Lipinski definition) is 4. The van der Waals surface area contributed by atoms with E-state index in [9.17, 15) is 4.79 Å². The quantitative estimate of drug-likeness (QED) is 0.407. The van der Waals surface area contributed by atoms with Gasteiger partial charge in [-0.25, -0.2) is 4.79 Å². The average molecular weight is 256 g/mol. The first-order valence-electron chi connectivity index (χ1n) is 5.97. The fraction of sp³-hybridized carbons (Fsp3) is 0.133. The second kappa shape index (κ2) is 4.65. The summed E-state index contributed by atoms with van der Waals surface area (Å²) in [6.45, 7) is 4.18. The van der Waals surface area contributed by atoms with Crippen molar-refractivity contribution in [2.45, 2.75) is 6.42 Å². The Hall–Kier alpha value is -2.49. The third kappa shape index (κ3) is 2.01. The van der Waals surface area contributed by atoms with Gasteiger partial charge in [0, 0.05) is 12.1 Å². The molecule has 19 heavy (non-hydrogen) atoms. The van der Waals surface area contributed by atoms with E-state index in [1.165, 1.54) is 6.07 Å². The Morgan fingerprint density at radius 1 is 1.21 bits per heavy atom. The minimum Gasteiger partial charge on any atom is -0.492 e. The molecule has 0 aliphatic rings. The van der Waals surface area contributed by atoms with Gasteiger partial charge in [-0.2, -0.15) is 0 Å². The Morgan fingerprint density at radius 3 is 2.89 bits per heavy atom. The van der Waals surface area contributed by atoms with Gasteiger partial charge in [-0.05, 0) is 18.6 Å². The van der Waals surface area contributed by atoms with E-state index in [1.807, 2.05) is 6.07 Å². The first-order chi connectivity index (χ1) is 9.29. The summed E-state index contributed by atoms with van der Waals surface area (Å²) in [7, 11) is 0. The van der Waals surface area contributed by atoms with Crippen LogP contribution < -0.4 is 10.4 Å². The van der Waals surface area contributed by atoms with Crippen LogP contribution in [0, 0.1) is 0 Å². The Labute approximate surface area is 108 Å². The highest BCUT2D eigenvalue weighted by Gasteiger charge is 2.12.